The summed E-state index contributed by atoms with van der Waals surface area (Å²) in [6.45, 7) is 6.01. The number of likely N-dealkylation sites (tertiary alicyclic amines) is 1. The molecule has 3 aliphatic rings. The van der Waals surface area contributed by atoms with Crippen LogP contribution in [0.3, 0.4) is 0 Å². The standard InChI is InChI=1S/C48H49N5O9/c1-32-43(29-50-23-25-51(26-24-50)39-19-21-40(22-20-39)53(58)59)61-47(62-45(32)36-13-11-33(30-54)12-14-36)37-17-15-35(16-18-37)41-10-6-5-9-38(41)28-52-44(55)27-42(46(52)56)49-48(57)60-31-34-7-3-2-4-8-34/h2-22,32,42-43,45,47,54H,23-31H2,1H3,(H,49,57)/t32-,42?,43+,45+,47+/m1/s1. The number of nitro groups is 1. The number of carbonyl (C=O) groups is 3. The van der Waals surface area contributed by atoms with E-state index < -0.39 is 24.3 Å². The molecule has 320 valence electrons. The lowest BCUT2D eigenvalue weighted by atomic mass is 9.89. The van der Waals surface area contributed by atoms with Crippen LogP contribution in [0.1, 0.15) is 53.6 Å². The Morgan fingerprint density at radius 3 is 2.19 bits per heavy atom. The molecule has 5 atom stereocenters. The van der Waals surface area contributed by atoms with Crippen LogP contribution < -0.4 is 10.2 Å². The zero-order valence-electron chi connectivity index (χ0n) is 34.4. The summed E-state index contributed by atoms with van der Waals surface area (Å²) in [5.41, 5.74) is 6.99. The minimum atomic E-state index is -1.01. The summed E-state index contributed by atoms with van der Waals surface area (Å²) in [7, 11) is 0. The van der Waals surface area contributed by atoms with Crippen molar-refractivity contribution in [2.75, 3.05) is 37.6 Å². The normalized spacial score (nSPS) is 21.8. The second-order valence-electron chi connectivity index (χ2n) is 15.9. The topological polar surface area (TPSA) is 164 Å². The molecule has 0 bridgehead atoms. The number of ether oxygens (including phenoxy) is 3. The third kappa shape index (κ3) is 9.69. The number of anilines is 1. The Kier molecular flexibility index (Phi) is 13.0. The lowest BCUT2D eigenvalue weighted by molar-refractivity contribution is -0.384. The van der Waals surface area contributed by atoms with Crippen LogP contribution in [0.5, 0.6) is 0 Å². The van der Waals surface area contributed by atoms with Crippen molar-refractivity contribution in [1.82, 2.24) is 15.1 Å². The number of hydrogen-bond acceptors (Lipinski definition) is 11. The Bertz CT molecular complexity index is 2350. The highest BCUT2D eigenvalue weighted by Crippen LogP contribution is 2.42. The van der Waals surface area contributed by atoms with E-state index in [1.807, 2.05) is 103 Å². The number of hydrogen-bond donors (Lipinski definition) is 2. The van der Waals surface area contributed by atoms with Crippen LogP contribution in [0.4, 0.5) is 16.2 Å². The monoisotopic (exact) mass is 839 g/mol. The van der Waals surface area contributed by atoms with Gasteiger partial charge in [-0.25, -0.2) is 4.79 Å². The summed E-state index contributed by atoms with van der Waals surface area (Å²) >= 11 is 0. The Labute approximate surface area is 359 Å². The zero-order valence-corrected chi connectivity index (χ0v) is 34.4. The van der Waals surface area contributed by atoms with E-state index in [1.165, 1.54) is 4.90 Å². The second-order valence-corrected chi connectivity index (χ2v) is 15.9. The van der Waals surface area contributed by atoms with Gasteiger partial charge < -0.3 is 29.5 Å². The van der Waals surface area contributed by atoms with Gasteiger partial charge in [0.1, 0.15) is 12.6 Å². The molecule has 3 aliphatic heterocycles. The lowest BCUT2D eigenvalue weighted by Crippen LogP contribution is -2.51. The number of amides is 3. The number of benzene rings is 5. The number of non-ortho nitro benzene ring substituents is 1. The van der Waals surface area contributed by atoms with Crippen molar-refractivity contribution >= 4 is 29.3 Å². The number of alkyl carbamates (subject to hydrolysis) is 1. The van der Waals surface area contributed by atoms with E-state index in [9.17, 15) is 29.6 Å². The number of piperazine rings is 1. The van der Waals surface area contributed by atoms with Crippen LogP contribution in [0, 0.1) is 16.0 Å². The van der Waals surface area contributed by atoms with E-state index in [0.717, 1.165) is 70.8 Å². The van der Waals surface area contributed by atoms with Crippen molar-refractivity contribution in [2.24, 2.45) is 5.92 Å². The molecular weight excluding hydrogens is 791 g/mol. The van der Waals surface area contributed by atoms with Crippen molar-refractivity contribution in [3.63, 3.8) is 0 Å². The molecule has 5 aromatic carbocycles. The summed E-state index contributed by atoms with van der Waals surface area (Å²) in [6.07, 6.45) is -2.05. The zero-order chi connectivity index (χ0) is 43.2. The van der Waals surface area contributed by atoms with Crippen molar-refractivity contribution in [2.45, 2.75) is 57.6 Å². The number of nitrogens with zero attached hydrogens (tertiary/aromatic N) is 4. The molecule has 3 amide bonds. The summed E-state index contributed by atoms with van der Waals surface area (Å²) < 4.78 is 18.8. The summed E-state index contributed by atoms with van der Waals surface area (Å²) in [6, 6.07) is 38.2. The van der Waals surface area contributed by atoms with Crippen LogP contribution in [0.15, 0.2) is 127 Å². The number of imide groups is 1. The summed E-state index contributed by atoms with van der Waals surface area (Å²) in [4.78, 5) is 55.6. The second kappa shape index (κ2) is 19.1. The van der Waals surface area contributed by atoms with Gasteiger partial charge >= 0.3 is 6.09 Å². The predicted octanol–water partition coefficient (Wildman–Crippen LogP) is 6.92. The van der Waals surface area contributed by atoms with Gasteiger partial charge in [0.05, 0.1) is 36.7 Å². The third-order valence-corrected chi connectivity index (χ3v) is 11.9. The van der Waals surface area contributed by atoms with Gasteiger partial charge in [0.25, 0.3) is 11.6 Å². The molecule has 14 nitrogen and oxygen atoms in total. The maximum Gasteiger partial charge on any atom is 0.408 e. The molecular formula is C48H49N5O9. The average molecular weight is 840 g/mol. The highest BCUT2D eigenvalue weighted by Gasteiger charge is 2.41. The highest BCUT2D eigenvalue weighted by atomic mass is 16.7. The molecule has 0 spiro atoms. The fourth-order valence-electron chi connectivity index (χ4n) is 8.36. The molecule has 0 aliphatic carbocycles. The van der Waals surface area contributed by atoms with E-state index in [1.54, 1.807) is 24.3 Å². The SMILES string of the molecule is C[C@@H]1[C@H](CN2CCN(c3ccc([N+](=O)[O-])cc3)CC2)O[C@H](c2ccc(-c3ccccc3CN3C(=O)CC(NC(=O)OCc4ccccc4)C3=O)cc2)O[C@@H]1c1ccc(CO)cc1. The maximum absolute atomic E-state index is 13.4. The number of aliphatic hydroxyl groups excluding tert-OH is 1. The van der Waals surface area contributed by atoms with Crippen LogP contribution >= 0.6 is 0 Å². The lowest BCUT2D eigenvalue weighted by Gasteiger charge is -2.44. The fourth-order valence-corrected chi connectivity index (χ4v) is 8.36. The predicted molar refractivity (Wildman–Crippen MR) is 230 cm³/mol. The van der Waals surface area contributed by atoms with Crippen molar-refractivity contribution in [3.05, 3.63) is 165 Å². The van der Waals surface area contributed by atoms with E-state index in [0.29, 0.717) is 6.54 Å². The van der Waals surface area contributed by atoms with Gasteiger partial charge in [-0.1, -0.05) is 110 Å². The molecule has 0 radical (unpaired) electrons. The van der Waals surface area contributed by atoms with Crippen molar-refractivity contribution in [1.29, 1.82) is 0 Å². The fraction of sp³-hybridized carbons (Fsp3) is 0.312. The molecule has 5 aromatic rings. The van der Waals surface area contributed by atoms with Gasteiger partial charge in [0.15, 0.2) is 6.29 Å². The molecule has 0 saturated carbocycles. The highest BCUT2D eigenvalue weighted by molar-refractivity contribution is 6.06. The molecule has 14 heteroatoms. The Morgan fingerprint density at radius 1 is 0.823 bits per heavy atom. The van der Waals surface area contributed by atoms with Gasteiger partial charge in [-0.05, 0) is 45.5 Å². The van der Waals surface area contributed by atoms with Crippen LogP contribution in [-0.4, -0.2) is 82.6 Å². The Balaban J connectivity index is 0.942. The number of carbonyl (C=O) groups excluding carboxylic acids is 3. The molecule has 3 saturated heterocycles. The van der Waals surface area contributed by atoms with E-state index >= 15 is 0 Å². The van der Waals surface area contributed by atoms with Crippen molar-refractivity contribution < 1.29 is 38.6 Å². The van der Waals surface area contributed by atoms with E-state index in [-0.39, 0.29) is 60.8 Å². The third-order valence-electron chi connectivity index (χ3n) is 11.9. The molecule has 0 aromatic heterocycles. The van der Waals surface area contributed by atoms with Crippen LogP contribution in [0.25, 0.3) is 11.1 Å². The Morgan fingerprint density at radius 2 is 1.50 bits per heavy atom. The molecule has 8 rings (SSSR count). The first-order chi connectivity index (χ1) is 30.1. The molecule has 62 heavy (non-hydrogen) atoms. The van der Waals surface area contributed by atoms with E-state index in [4.69, 9.17) is 14.2 Å². The molecule has 3 heterocycles. The summed E-state index contributed by atoms with van der Waals surface area (Å²) in [5.74, 6) is -0.870. The maximum atomic E-state index is 13.4. The minimum absolute atomic E-state index is 0.00387. The molecule has 2 N–H and O–H groups in total. The van der Waals surface area contributed by atoms with Crippen LogP contribution in [-0.2, 0) is 43.6 Å². The molecule has 3 fully saturated rings. The largest absolute Gasteiger partial charge is 0.445 e. The number of nitro benzene ring substituents is 1. The van der Waals surface area contributed by atoms with E-state index in [2.05, 4.69) is 22.0 Å². The van der Waals surface area contributed by atoms with Gasteiger partial charge in [-0.2, -0.15) is 0 Å². The van der Waals surface area contributed by atoms with Gasteiger partial charge in [0.2, 0.25) is 5.91 Å². The van der Waals surface area contributed by atoms with Crippen LogP contribution in [0.2, 0.25) is 0 Å². The first-order valence-corrected chi connectivity index (χ1v) is 20.9. The summed E-state index contributed by atoms with van der Waals surface area (Å²) in [5, 5.41) is 23.4. The quantitative estimate of drug-likeness (QED) is 0.0719. The van der Waals surface area contributed by atoms with Gasteiger partial charge in [-0.3, -0.25) is 29.5 Å². The van der Waals surface area contributed by atoms with Crippen molar-refractivity contribution in [3.8, 4) is 11.1 Å². The number of nitrogens with one attached hydrogen (secondary N) is 1. The average Bonchev–Trinajstić information content (AvgIpc) is 3.56. The van der Waals surface area contributed by atoms with Gasteiger partial charge in [-0.15, -0.1) is 0 Å². The Hall–Kier alpha value is -6.45. The van der Waals surface area contributed by atoms with Gasteiger partial charge in [0, 0.05) is 62.0 Å². The smallest absolute Gasteiger partial charge is 0.408 e. The first kappa shape index (κ1) is 42.2. The number of aliphatic hydroxyl groups is 1. The molecule has 1 unspecified atom stereocenters. The first-order valence-electron chi connectivity index (χ1n) is 20.9. The number of rotatable bonds is 13. The minimum Gasteiger partial charge on any atom is -0.445 e.